The van der Waals surface area contributed by atoms with E-state index in [1.807, 2.05) is 26.0 Å². The van der Waals surface area contributed by atoms with Crippen LogP contribution in [0.4, 0.5) is 0 Å². The molecule has 0 fully saturated rings. The summed E-state index contributed by atoms with van der Waals surface area (Å²) in [6, 6.07) is 3.92. The van der Waals surface area contributed by atoms with Crippen molar-refractivity contribution in [2.24, 2.45) is 5.73 Å². The second-order valence-corrected chi connectivity index (χ2v) is 6.35. The summed E-state index contributed by atoms with van der Waals surface area (Å²) in [6.45, 7) is 4.05. The van der Waals surface area contributed by atoms with Crippen LogP contribution >= 0.6 is 27.3 Å². The van der Waals surface area contributed by atoms with Gasteiger partial charge in [0.05, 0.1) is 14.2 Å². The fourth-order valence-electron chi connectivity index (χ4n) is 1.51. The zero-order valence-corrected chi connectivity index (χ0v) is 12.1. The van der Waals surface area contributed by atoms with Gasteiger partial charge in [0.15, 0.2) is 0 Å². The molecular weight excluding hydrogens is 302 g/mol. The van der Waals surface area contributed by atoms with E-state index in [9.17, 15) is 0 Å². The van der Waals surface area contributed by atoms with Crippen LogP contribution in [0.25, 0.3) is 10.7 Å². The molecule has 0 bridgehead atoms. The number of rotatable bonds is 4. The smallest absolute Gasteiger partial charge is 0.247 e. The van der Waals surface area contributed by atoms with Crippen molar-refractivity contribution in [3.8, 4) is 10.7 Å². The van der Waals surface area contributed by atoms with E-state index in [0.717, 1.165) is 21.5 Å². The molecule has 0 spiro atoms. The Morgan fingerprint density at radius 3 is 2.65 bits per heavy atom. The molecule has 6 heteroatoms. The van der Waals surface area contributed by atoms with Crippen molar-refractivity contribution < 1.29 is 4.52 Å². The molecule has 0 saturated heterocycles. The minimum Gasteiger partial charge on any atom is -0.337 e. The van der Waals surface area contributed by atoms with Crippen LogP contribution in [0.5, 0.6) is 0 Å². The number of halogens is 1. The van der Waals surface area contributed by atoms with Crippen molar-refractivity contribution in [1.29, 1.82) is 0 Å². The Morgan fingerprint density at radius 1 is 1.41 bits per heavy atom. The minimum absolute atomic E-state index is 0.514. The maximum absolute atomic E-state index is 6.21. The third-order valence-electron chi connectivity index (χ3n) is 2.91. The highest BCUT2D eigenvalue weighted by atomic mass is 79.9. The molecule has 2 rings (SSSR count). The summed E-state index contributed by atoms with van der Waals surface area (Å²) in [5, 5.41) is 3.99. The van der Waals surface area contributed by atoms with Gasteiger partial charge < -0.3 is 10.3 Å². The minimum atomic E-state index is -0.514. The van der Waals surface area contributed by atoms with Gasteiger partial charge in [-0.05, 0) is 40.9 Å². The first-order valence-electron chi connectivity index (χ1n) is 5.48. The summed E-state index contributed by atoms with van der Waals surface area (Å²) in [6.07, 6.45) is 1.55. The van der Waals surface area contributed by atoms with Gasteiger partial charge in [-0.3, -0.25) is 0 Å². The lowest BCUT2D eigenvalue weighted by molar-refractivity contribution is 0.268. The lowest BCUT2D eigenvalue weighted by Gasteiger charge is -2.20. The first-order valence-corrected chi connectivity index (χ1v) is 7.08. The number of aromatic nitrogens is 2. The van der Waals surface area contributed by atoms with Gasteiger partial charge in [-0.15, -0.1) is 11.3 Å². The number of thiophene rings is 1. The van der Waals surface area contributed by atoms with Crippen LogP contribution in [0.3, 0.4) is 0 Å². The number of hydrogen-bond acceptors (Lipinski definition) is 5. The third-order valence-corrected chi connectivity index (χ3v) is 4.53. The topological polar surface area (TPSA) is 64.9 Å². The lowest BCUT2D eigenvalue weighted by Crippen LogP contribution is -2.35. The molecule has 0 aliphatic heterocycles. The molecule has 0 atom stereocenters. The summed E-state index contributed by atoms with van der Waals surface area (Å²) in [5.74, 6) is 1.12. The van der Waals surface area contributed by atoms with Crippen LogP contribution in [0.1, 0.15) is 32.6 Å². The molecule has 2 aromatic rings. The Kier molecular flexibility index (Phi) is 3.65. The molecule has 0 radical (unpaired) electrons. The van der Waals surface area contributed by atoms with Crippen LogP contribution in [0.15, 0.2) is 20.4 Å². The molecule has 0 unspecified atom stereocenters. The van der Waals surface area contributed by atoms with Gasteiger partial charge in [0, 0.05) is 0 Å². The summed E-state index contributed by atoms with van der Waals surface area (Å²) < 4.78 is 6.33. The highest BCUT2D eigenvalue weighted by Crippen LogP contribution is 2.31. The molecule has 0 aliphatic carbocycles. The fourth-order valence-corrected chi connectivity index (χ4v) is 2.82. The van der Waals surface area contributed by atoms with Crippen LogP contribution in [0.2, 0.25) is 0 Å². The lowest BCUT2D eigenvalue weighted by atomic mass is 9.94. The molecule has 17 heavy (non-hydrogen) atoms. The van der Waals surface area contributed by atoms with Gasteiger partial charge in [-0.2, -0.15) is 4.98 Å². The SMILES string of the molecule is CCC(N)(CC)c1nc(-c2ccc(Br)s2)no1. The van der Waals surface area contributed by atoms with Crippen LogP contribution in [-0.2, 0) is 5.54 Å². The van der Waals surface area contributed by atoms with E-state index in [-0.39, 0.29) is 0 Å². The molecule has 4 nitrogen and oxygen atoms in total. The molecule has 0 aliphatic rings. The Balaban J connectivity index is 2.33. The quantitative estimate of drug-likeness (QED) is 0.937. The van der Waals surface area contributed by atoms with Crippen molar-refractivity contribution >= 4 is 27.3 Å². The van der Waals surface area contributed by atoms with Crippen LogP contribution < -0.4 is 5.73 Å². The predicted octanol–water partition coefficient (Wildman–Crippen LogP) is 3.53. The number of nitrogens with two attached hydrogens (primary N) is 1. The zero-order valence-electron chi connectivity index (χ0n) is 9.74. The molecule has 2 N–H and O–H groups in total. The van der Waals surface area contributed by atoms with Crippen molar-refractivity contribution in [2.75, 3.05) is 0 Å². The van der Waals surface area contributed by atoms with Gasteiger partial charge >= 0.3 is 0 Å². The van der Waals surface area contributed by atoms with E-state index in [2.05, 4.69) is 26.1 Å². The molecule has 92 valence electrons. The Hall–Kier alpha value is -0.720. The van der Waals surface area contributed by atoms with Crippen LogP contribution in [-0.4, -0.2) is 10.1 Å². The largest absolute Gasteiger partial charge is 0.337 e. The average molecular weight is 316 g/mol. The van der Waals surface area contributed by atoms with Crippen molar-refractivity contribution in [3.63, 3.8) is 0 Å². The molecule has 2 heterocycles. The average Bonchev–Trinajstić information content (AvgIpc) is 2.96. The first kappa shape index (κ1) is 12.7. The molecule has 0 saturated carbocycles. The van der Waals surface area contributed by atoms with E-state index in [1.54, 1.807) is 11.3 Å². The monoisotopic (exact) mass is 315 g/mol. The van der Waals surface area contributed by atoms with Crippen LogP contribution in [0, 0.1) is 0 Å². The summed E-state index contributed by atoms with van der Waals surface area (Å²) in [5.41, 5.74) is 5.70. The maximum Gasteiger partial charge on any atom is 0.247 e. The summed E-state index contributed by atoms with van der Waals surface area (Å²) >= 11 is 4.98. The summed E-state index contributed by atoms with van der Waals surface area (Å²) in [7, 11) is 0. The normalized spacial score (nSPS) is 12.0. The Morgan fingerprint density at radius 2 is 2.12 bits per heavy atom. The van der Waals surface area contributed by atoms with Gasteiger partial charge in [0.25, 0.3) is 0 Å². The van der Waals surface area contributed by atoms with E-state index < -0.39 is 5.54 Å². The third kappa shape index (κ3) is 2.43. The highest BCUT2D eigenvalue weighted by molar-refractivity contribution is 9.11. The highest BCUT2D eigenvalue weighted by Gasteiger charge is 2.30. The zero-order chi connectivity index (χ0) is 12.5. The second kappa shape index (κ2) is 4.88. The van der Waals surface area contributed by atoms with E-state index >= 15 is 0 Å². The van der Waals surface area contributed by atoms with Gasteiger partial charge in [0.1, 0.15) is 0 Å². The Labute approximate surface area is 112 Å². The number of hydrogen-bond donors (Lipinski definition) is 1. The molecule has 0 aromatic carbocycles. The second-order valence-electron chi connectivity index (χ2n) is 3.89. The van der Waals surface area contributed by atoms with Gasteiger partial charge in [-0.25, -0.2) is 0 Å². The van der Waals surface area contributed by atoms with E-state index in [0.29, 0.717) is 11.7 Å². The van der Waals surface area contributed by atoms with Gasteiger partial charge in [0.2, 0.25) is 11.7 Å². The molecule has 2 aromatic heterocycles. The molecular formula is C11H14BrN3OS. The predicted molar refractivity (Wildman–Crippen MR) is 71.8 cm³/mol. The van der Waals surface area contributed by atoms with E-state index in [1.165, 1.54) is 0 Å². The first-order chi connectivity index (χ1) is 8.09. The standard InChI is InChI=1S/C11H14BrN3OS/c1-3-11(13,4-2)10-14-9(15-16-10)7-5-6-8(12)17-7/h5-6H,3-4,13H2,1-2H3. The maximum atomic E-state index is 6.21. The van der Waals surface area contributed by atoms with Crippen molar-refractivity contribution in [1.82, 2.24) is 10.1 Å². The number of nitrogens with zero attached hydrogens (tertiary/aromatic N) is 2. The fraction of sp³-hybridized carbons (Fsp3) is 0.455. The summed E-state index contributed by atoms with van der Waals surface area (Å²) in [4.78, 5) is 5.37. The van der Waals surface area contributed by atoms with Crippen molar-refractivity contribution in [2.45, 2.75) is 32.2 Å². The Bertz CT molecular complexity index is 504. The van der Waals surface area contributed by atoms with Gasteiger partial charge in [-0.1, -0.05) is 19.0 Å². The molecule has 0 amide bonds. The van der Waals surface area contributed by atoms with Crippen molar-refractivity contribution in [3.05, 3.63) is 21.8 Å². The van der Waals surface area contributed by atoms with E-state index in [4.69, 9.17) is 10.3 Å².